The van der Waals surface area contributed by atoms with E-state index >= 15 is 0 Å². The normalized spacial score (nSPS) is 17.2. The Bertz CT molecular complexity index is 516. The van der Waals surface area contributed by atoms with Crippen LogP contribution in [0, 0.1) is 11.7 Å². The molecule has 1 aliphatic rings. The maximum absolute atomic E-state index is 13.4. The molecule has 0 spiro atoms. The molecule has 1 aromatic rings. The van der Waals surface area contributed by atoms with Crippen LogP contribution in [0.5, 0.6) is 5.75 Å². The van der Waals surface area contributed by atoms with Crippen LogP contribution in [0.3, 0.4) is 0 Å². The molecule has 122 valence electrons. The van der Waals surface area contributed by atoms with Crippen molar-refractivity contribution in [2.75, 3.05) is 26.8 Å². The summed E-state index contributed by atoms with van der Waals surface area (Å²) in [6.07, 6.45) is 1.64. The van der Waals surface area contributed by atoms with E-state index in [-0.39, 0.29) is 24.4 Å². The molecular weight excluding hydrogens is 287 g/mol. The van der Waals surface area contributed by atoms with Crippen molar-refractivity contribution in [3.05, 3.63) is 29.6 Å². The molecule has 6 heteroatoms. The molecule has 1 heterocycles. The van der Waals surface area contributed by atoms with Crippen LogP contribution in [-0.2, 0) is 0 Å². The van der Waals surface area contributed by atoms with Gasteiger partial charge in [0, 0.05) is 19.7 Å². The van der Waals surface area contributed by atoms with Gasteiger partial charge < -0.3 is 20.1 Å². The first-order valence-electron chi connectivity index (χ1n) is 7.55. The number of hydrogen-bond donors (Lipinski definition) is 2. The van der Waals surface area contributed by atoms with Gasteiger partial charge >= 0.3 is 6.03 Å². The average Bonchev–Trinajstić information content (AvgIpc) is 2.55. The molecular formula is C16H23FN2O3. The highest BCUT2D eigenvalue weighted by molar-refractivity contribution is 5.74. The number of rotatable bonds is 4. The fraction of sp³-hybridized carbons (Fsp3) is 0.562. The zero-order valence-electron chi connectivity index (χ0n) is 13.0. The summed E-state index contributed by atoms with van der Waals surface area (Å²) >= 11 is 0. The Hall–Kier alpha value is -1.82. The van der Waals surface area contributed by atoms with Crippen LogP contribution in [-0.4, -0.2) is 42.8 Å². The van der Waals surface area contributed by atoms with Gasteiger partial charge in [-0.25, -0.2) is 9.18 Å². The van der Waals surface area contributed by atoms with Crippen LogP contribution < -0.4 is 10.1 Å². The van der Waals surface area contributed by atoms with E-state index in [2.05, 4.69) is 5.32 Å². The van der Waals surface area contributed by atoms with Crippen molar-refractivity contribution in [2.24, 2.45) is 5.92 Å². The summed E-state index contributed by atoms with van der Waals surface area (Å²) in [4.78, 5) is 14.0. The summed E-state index contributed by atoms with van der Waals surface area (Å²) in [6.45, 7) is 3.33. The Morgan fingerprint density at radius 3 is 2.77 bits per heavy atom. The van der Waals surface area contributed by atoms with Gasteiger partial charge in [-0.05, 0) is 43.4 Å². The van der Waals surface area contributed by atoms with Crippen molar-refractivity contribution >= 4 is 6.03 Å². The van der Waals surface area contributed by atoms with Gasteiger partial charge in [-0.3, -0.25) is 0 Å². The van der Waals surface area contributed by atoms with Gasteiger partial charge in [0.15, 0.2) is 11.6 Å². The quantitative estimate of drug-likeness (QED) is 0.897. The molecule has 0 saturated carbocycles. The van der Waals surface area contributed by atoms with Crippen LogP contribution in [0.25, 0.3) is 0 Å². The molecule has 1 aliphatic heterocycles. The van der Waals surface area contributed by atoms with Crippen molar-refractivity contribution < 1.29 is 19.0 Å². The number of hydrogen-bond acceptors (Lipinski definition) is 3. The summed E-state index contributed by atoms with van der Waals surface area (Å²) < 4.78 is 18.4. The second kappa shape index (κ2) is 7.45. The average molecular weight is 310 g/mol. The number of carbonyl (C=O) groups is 1. The van der Waals surface area contributed by atoms with E-state index in [1.165, 1.54) is 13.2 Å². The van der Waals surface area contributed by atoms with Crippen LogP contribution in [0.1, 0.15) is 31.4 Å². The number of benzene rings is 1. The number of urea groups is 1. The van der Waals surface area contributed by atoms with Crippen molar-refractivity contribution in [3.63, 3.8) is 0 Å². The first-order valence-corrected chi connectivity index (χ1v) is 7.55. The van der Waals surface area contributed by atoms with E-state index in [4.69, 9.17) is 9.84 Å². The summed E-state index contributed by atoms with van der Waals surface area (Å²) in [5, 5.41) is 12.0. The molecule has 0 bridgehead atoms. The van der Waals surface area contributed by atoms with Gasteiger partial charge in [0.25, 0.3) is 0 Å². The molecule has 5 nitrogen and oxygen atoms in total. The van der Waals surface area contributed by atoms with Crippen molar-refractivity contribution in [3.8, 4) is 5.75 Å². The Morgan fingerprint density at radius 2 is 2.18 bits per heavy atom. The first kappa shape index (κ1) is 16.5. The Labute approximate surface area is 130 Å². The van der Waals surface area contributed by atoms with Gasteiger partial charge in [-0.1, -0.05) is 6.07 Å². The summed E-state index contributed by atoms with van der Waals surface area (Å²) in [6, 6.07) is 4.20. The highest BCUT2D eigenvalue weighted by Crippen LogP contribution is 2.23. The van der Waals surface area contributed by atoms with E-state index < -0.39 is 5.82 Å². The largest absolute Gasteiger partial charge is 0.494 e. The minimum absolute atomic E-state index is 0.132. The number of carbonyl (C=O) groups excluding carboxylic acids is 1. The number of halogens is 1. The highest BCUT2D eigenvalue weighted by Gasteiger charge is 2.23. The molecule has 1 fully saturated rings. The molecule has 1 aromatic carbocycles. The van der Waals surface area contributed by atoms with E-state index in [9.17, 15) is 9.18 Å². The Kier molecular flexibility index (Phi) is 5.60. The number of methoxy groups -OCH3 is 1. The van der Waals surface area contributed by atoms with Gasteiger partial charge in [0.1, 0.15) is 0 Å². The zero-order valence-corrected chi connectivity index (χ0v) is 13.0. The molecule has 1 saturated heterocycles. The van der Waals surface area contributed by atoms with E-state index in [1.807, 2.05) is 6.92 Å². The van der Waals surface area contributed by atoms with Crippen LogP contribution >= 0.6 is 0 Å². The predicted octanol–water partition coefficient (Wildman–Crippen LogP) is 2.31. The maximum atomic E-state index is 13.4. The molecule has 2 rings (SSSR count). The van der Waals surface area contributed by atoms with E-state index in [0.717, 1.165) is 18.4 Å². The lowest BCUT2D eigenvalue weighted by molar-refractivity contribution is 0.136. The highest BCUT2D eigenvalue weighted by atomic mass is 19.1. The third-order valence-corrected chi connectivity index (χ3v) is 4.18. The maximum Gasteiger partial charge on any atom is 0.317 e. The third kappa shape index (κ3) is 3.88. The number of nitrogens with one attached hydrogen (secondary N) is 1. The fourth-order valence-electron chi connectivity index (χ4n) is 2.62. The SMILES string of the molecule is COc1cc(C(C)NC(=O)N2CCC(CO)CC2)ccc1F. The number of aliphatic hydroxyl groups is 1. The number of amides is 2. The van der Waals surface area contributed by atoms with E-state index in [1.54, 1.807) is 17.0 Å². The second-order valence-electron chi connectivity index (χ2n) is 5.68. The molecule has 0 aliphatic carbocycles. The zero-order chi connectivity index (χ0) is 16.1. The number of piperidine rings is 1. The molecule has 2 amide bonds. The minimum atomic E-state index is -0.421. The van der Waals surface area contributed by atoms with Gasteiger partial charge in [0.05, 0.1) is 13.2 Å². The monoisotopic (exact) mass is 310 g/mol. The van der Waals surface area contributed by atoms with Gasteiger partial charge in [0.2, 0.25) is 0 Å². The molecule has 1 unspecified atom stereocenters. The first-order chi connectivity index (χ1) is 10.5. The summed E-state index contributed by atoms with van der Waals surface area (Å²) in [7, 11) is 1.41. The predicted molar refractivity (Wildman–Crippen MR) is 81.3 cm³/mol. The number of ether oxygens (including phenoxy) is 1. The summed E-state index contributed by atoms with van der Waals surface area (Å²) in [5.74, 6) is 0.0426. The number of likely N-dealkylation sites (tertiary alicyclic amines) is 1. The lowest BCUT2D eigenvalue weighted by Crippen LogP contribution is -2.45. The van der Waals surface area contributed by atoms with Crippen molar-refractivity contribution in [1.29, 1.82) is 0 Å². The molecule has 0 aromatic heterocycles. The fourth-order valence-corrected chi connectivity index (χ4v) is 2.62. The lowest BCUT2D eigenvalue weighted by atomic mass is 9.98. The third-order valence-electron chi connectivity index (χ3n) is 4.18. The van der Waals surface area contributed by atoms with Crippen LogP contribution in [0.2, 0.25) is 0 Å². The smallest absolute Gasteiger partial charge is 0.317 e. The molecule has 1 atom stereocenters. The molecule has 0 radical (unpaired) electrons. The second-order valence-corrected chi connectivity index (χ2v) is 5.68. The number of aliphatic hydroxyl groups excluding tert-OH is 1. The minimum Gasteiger partial charge on any atom is -0.494 e. The lowest BCUT2D eigenvalue weighted by Gasteiger charge is -2.32. The topological polar surface area (TPSA) is 61.8 Å². The summed E-state index contributed by atoms with van der Waals surface area (Å²) in [5.41, 5.74) is 0.789. The molecule has 22 heavy (non-hydrogen) atoms. The van der Waals surface area contributed by atoms with Gasteiger partial charge in [-0.15, -0.1) is 0 Å². The van der Waals surface area contributed by atoms with Crippen molar-refractivity contribution in [1.82, 2.24) is 10.2 Å². The standard InChI is InChI=1S/C16H23FN2O3/c1-11(13-3-4-14(17)15(9-13)22-2)18-16(21)19-7-5-12(10-20)6-8-19/h3-4,9,11-12,20H,5-8,10H2,1-2H3,(H,18,21). The van der Waals surface area contributed by atoms with E-state index in [0.29, 0.717) is 19.0 Å². The molecule has 2 N–H and O–H groups in total. The van der Waals surface area contributed by atoms with Crippen LogP contribution in [0.4, 0.5) is 9.18 Å². The Balaban J connectivity index is 1.94. The van der Waals surface area contributed by atoms with Crippen LogP contribution in [0.15, 0.2) is 18.2 Å². The number of nitrogens with zero attached hydrogens (tertiary/aromatic N) is 1. The van der Waals surface area contributed by atoms with Gasteiger partial charge in [-0.2, -0.15) is 0 Å². The van der Waals surface area contributed by atoms with Crippen molar-refractivity contribution in [2.45, 2.75) is 25.8 Å². The Morgan fingerprint density at radius 1 is 1.50 bits per heavy atom.